The number of nitrogens with zero attached hydrogens (tertiary/aromatic N) is 1. The van der Waals surface area contributed by atoms with E-state index < -0.39 is 40.5 Å². The van der Waals surface area contributed by atoms with Crippen molar-refractivity contribution in [3.63, 3.8) is 0 Å². The standard InChI is InChI=1S/C38H71NO6/c1-5-9-10-11-12-13-14-15-16-17-18-19-20-21-22-23-24-25-26-27-28-32-39(33(29-6-2)36(40)41,34(30-7-3)37(42)43)35(31-8-4)38(44)45/h21-22,33-35H,5-20,23-32H2,1-4H3,(H2-,40,41,42,43,44,45)/b22-21+. The van der Waals surface area contributed by atoms with Crippen LogP contribution in [0.2, 0.25) is 0 Å². The molecule has 0 aromatic rings. The van der Waals surface area contributed by atoms with Crippen molar-refractivity contribution in [2.75, 3.05) is 6.54 Å². The van der Waals surface area contributed by atoms with Crippen molar-refractivity contribution in [1.29, 1.82) is 0 Å². The van der Waals surface area contributed by atoms with Crippen molar-refractivity contribution in [2.45, 2.75) is 206 Å². The third kappa shape index (κ3) is 18.1. The van der Waals surface area contributed by atoms with Crippen LogP contribution in [0.4, 0.5) is 0 Å². The Kier molecular flexibility index (Phi) is 27.2. The molecule has 0 rings (SSSR count). The molecule has 264 valence electrons. The lowest BCUT2D eigenvalue weighted by Crippen LogP contribution is -2.74. The van der Waals surface area contributed by atoms with Gasteiger partial charge in [-0.3, -0.25) is 4.48 Å². The SMILES string of the molecule is CCCCCCCCCCCCCC/C=C/CCCCCCC[N+](C(CCC)C(=O)[O-])(C(CCC)C(=O)O)C(CCC)C(=O)O. The van der Waals surface area contributed by atoms with Crippen molar-refractivity contribution in [2.24, 2.45) is 0 Å². The van der Waals surface area contributed by atoms with Gasteiger partial charge in [-0.15, -0.1) is 0 Å². The monoisotopic (exact) mass is 638 g/mol. The zero-order valence-corrected chi connectivity index (χ0v) is 29.7. The molecule has 7 nitrogen and oxygen atoms in total. The average Bonchev–Trinajstić information content (AvgIpc) is 3.00. The number of hydrogen-bond acceptors (Lipinski definition) is 4. The number of quaternary nitrogens is 1. The van der Waals surface area contributed by atoms with Crippen LogP contribution in [0.15, 0.2) is 12.2 Å². The summed E-state index contributed by atoms with van der Waals surface area (Å²) in [6.07, 6.45) is 30.0. The molecule has 0 heterocycles. The highest BCUT2D eigenvalue weighted by molar-refractivity contribution is 5.77. The smallest absolute Gasteiger partial charge is 0.362 e. The van der Waals surface area contributed by atoms with Gasteiger partial charge in [0.2, 0.25) is 0 Å². The van der Waals surface area contributed by atoms with Gasteiger partial charge in [-0.1, -0.05) is 130 Å². The van der Waals surface area contributed by atoms with Crippen molar-refractivity contribution >= 4 is 17.9 Å². The lowest BCUT2D eigenvalue weighted by Gasteiger charge is -2.52. The van der Waals surface area contributed by atoms with Crippen molar-refractivity contribution in [3.8, 4) is 0 Å². The Hall–Kier alpha value is -1.89. The molecule has 0 aliphatic heterocycles. The summed E-state index contributed by atoms with van der Waals surface area (Å²) >= 11 is 0. The van der Waals surface area contributed by atoms with Gasteiger partial charge in [0, 0.05) is 19.3 Å². The van der Waals surface area contributed by atoms with E-state index in [0.29, 0.717) is 25.7 Å². The summed E-state index contributed by atoms with van der Waals surface area (Å²) in [5.74, 6) is -3.56. The number of carbonyl (C=O) groups excluding carboxylic acids is 1. The van der Waals surface area contributed by atoms with Crippen molar-refractivity contribution < 1.29 is 34.2 Å². The second-order valence-electron chi connectivity index (χ2n) is 13.3. The molecule has 0 radical (unpaired) electrons. The Labute approximate surface area is 276 Å². The maximum absolute atomic E-state index is 12.6. The number of hydrogen-bond donors (Lipinski definition) is 2. The molecule has 0 bridgehead atoms. The van der Waals surface area contributed by atoms with Gasteiger partial charge in [0.1, 0.15) is 6.04 Å². The molecule has 0 fully saturated rings. The molecular formula is C38H71NO6. The van der Waals surface area contributed by atoms with Crippen LogP contribution < -0.4 is 5.11 Å². The summed E-state index contributed by atoms with van der Waals surface area (Å²) in [7, 11) is 0. The molecule has 0 aliphatic rings. The second kappa shape index (κ2) is 28.3. The Morgan fingerprint density at radius 1 is 0.511 bits per heavy atom. The van der Waals surface area contributed by atoms with E-state index in [-0.39, 0.29) is 25.8 Å². The molecule has 0 aliphatic carbocycles. The van der Waals surface area contributed by atoms with E-state index in [1.54, 1.807) is 0 Å². The second-order valence-corrected chi connectivity index (χ2v) is 13.3. The fourth-order valence-electron chi connectivity index (χ4n) is 7.15. The predicted octanol–water partition coefficient (Wildman–Crippen LogP) is 9.22. The molecule has 0 aromatic heterocycles. The number of carbonyl (C=O) groups is 3. The first kappa shape index (κ1) is 43.1. The fraction of sp³-hybridized carbons (Fsp3) is 0.868. The summed E-state index contributed by atoms with van der Waals surface area (Å²) in [6.45, 7) is 8.07. The maximum atomic E-state index is 12.6. The van der Waals surface area contributed by atoms with E-state index in [0.717, 1.165) is 38.5 Å². The van der Waals surface area contributed by atoms with E-state index in [4.69, 9.17) is 0 Å². The predicted molar refractivity (Wildman–Crippen MR) is 184 cm³/mol. The third-order valence-corrected chi connectivity index (χ3v) is 9.58. The lowest BCUT2D eigenvalue weighted by molar-refractivity contribution is -0.975. The number of allylic oxidation sites excluding steroid dienone is 2. The lowest BCUT2D eigenvalue weighted by atomic mass is 9.91. The molecule has 7 heteroatoms. The summed E-state index contributed by atoms with van der Waals surface area (Å²) in [5.41, 5.74) is 0. The first-order valence-electron chi connectivity index (χ1n) is 18.9. The van der Waals surface area contributed by atoms with Crippen LogP contribution in [0.1, 0.15) is 188 Å². The van der Waals surface area contributed by atoms with Gasteiger partial charge in [-0.2, -0.15) is 0 Å². The zero-order valence-electron chi connectivity index (χ0n) is 29.7. The number of rotatable bonds is 33. The van der Waals surface area contributed by atoms with E-state index in [9.17, 15) is 29.7 Å². The van der Waals surface area contributed by atoms with Crippen LogP contribution in [0.25, 0.3) is 0 Å². The van der Waals surface area contributed by atoms with E-state index in [1.165, 1.54) is 77.0 Å². The van der Waals surface area contributed by atoms with Gasteiger partial charge in [0.05, 0.1) is 12.5 Å². The maximum Gasteiger partial charge on any atom is 0.362 e. The highest BCUT2D eigenvalue weighted by Gasteiger charge is 2.54. The van der Waals surface area contributed by atoms with Gasteiger partial charge in [0.15, 0.2) is 12.1 Å². The van der Waals surface area contributed by atoms with Crippen LogP contribution in [0.5, 0.6) is 0 Å². The third-order valence-electron chi connectivity index (χ3n) is 9.58. The molecule has 3 unspecified atom stereocenters. The molecule has 0 amide bonds. The van der Waals surface area contributed by atoms with E-state index >= 15 is 0 Å². The summed E-state index contributed by atoms with van der Waals surface area (Å²) in [5, 5.41) is 33.1. The first-order valence-corrected chi connectivity index (χ1v) is 18.9. The Morgan fingerprint density at radius 2 is 0.844 bits per heavy atom. The number of carboxylic acid groups (broad SMARTS) is 3. The Bertz CT molecular complexity index is 722. The molecule has 0 aromatic carbocycles. The molecule has 45 heavy (non-hydrogen) atoms. The molecule has 3 atom stereocenters. The quantitative estimate of drug-likeness (QED) is 0.0421. The minimum absolute atomic E-state index is 0.203. The van der Waals surface area contributed by atoms with Gasteiger partial charge in [-0.05, 0) is 51.4 Å². The molecule has 2 N–H and O–H groups in total. The number of carboxylic acids is 3. The normalized spacial score (nSPS) is 15.1. The molecule has 0 spiro atoms. The molecule has 0 saturated carbocycles. The van der Waals surface area contributed by atoms with Crippen LogP contribution in [-0.4, -0.2) is 57.3 Å². The largest absolute Gasteiger partial charge is 0.544 e. The van der Waals surface area contributed by atoms with Gasteiger partial charge >= 0.3 is 11.9 Å². The van der Waals surface area contributed by atoms with Gasteiger partial charge in [-0.25, -0.2) is 9.59 Å². The Morgan fingerprint density at radius 3 is 1.18 bits per heavy atom. The topological polar surface area (TPSA) is 115 Å². The van der Waals surface area contributed by atoms with E-state index in [1.807, 2.05) is 20.8 Å². The highest BCUT2D eigenvalue weighted by Crippen LogP contribution is 2.34. The average molecular weight is 638 g/mol. The van der Waals surface area contributed by atoms with Gasteiger partial charge < -0.3 is 20.1 Å². The fourth-order valence-corrected chi connectivity index (χ4v) is 7.15. The van der Waals surface area contributed by atoms with Crippen molar-refractivity contribution in [3.05, 3.63) is 12.2 Å². The molecule has 0 saturated heterocycles. The summed E-state index contributed by atoms with van der Waals surface area (Å²) < 4.78 is -0.440. The minimum atomic E-state index is -1.34. The minimum Gasteiger partial charge on any atom is -0.544 e. The Balaban J connectivity index is 4.71. The number of unbranched alkanes of at least 4 members (excludes halogenated alkanes) is 17. The zero-order chi connectivity index (χ0) is 33.8. The molecular weight excluding hydrogens is 566 g/mol. The van der Waals surface area contributed by atoms with Crippen LogP contribution >= 0.6 is 0 Å². The van der Waals surface area contributed by atoms with Crippen LogP contribution in [-0.2, 0) is 14.4 Å². The van der Waals surface area contributed by atoms with E-state index in [2.05, 4.69) is 19.1 Å². The van der Waals surface area contributed by atoms with Crippen molar-refractivity contribution in [1.82, 2.24) is 0 Å². The summed E-state index contributed by atoms with van der Waals surface area (Å²) in [6, 6.07) is -3.34. The van der Waals surface area contributed by atoms with Gasteiger partial charge in [0.25, 0.3) is 0 Å². The summed E-state index contributed by atoms with van der Waals surface area (Å²) in [4.78, 5) is 37.7. The van der Waals surface area contributed by atoms with Crippen LogP contribution in [0.3, 0.4) is 0 Å². The van der Waals surface area contributed by atoms with Crippen LogP contribution in [0, 0.1) is 0 Å². The highest BCUT2D eigenvalue weighted by atomic mass is 16.4. The first-order chi connectivity index (χ1) is 21.7. The number of aliphatic carboxylic acids is 3.